The van der Waals surface area contributed by atoms with Gasteiger partial charge in [0.15, 0.2) is 5.75 Å². The van der Waals surface area contributed by atoms with E-state index in [1.165, 1.54) is 12.8 Å². The van der Waals surface area contributed by atoms with Crippen LogP contribution in [0.3, 0.4) is 0 Å². The van der Waals surface area contributed by atoms with Crippen molar-refractivity contribution < 1.29 is 4.74 Å². The summed E-state index contributed by atoms with van der Waals surface area (Å²) in [5.74, 6) is 1.38. The smallest absolute Gasteiger partial charge is 0.156 e. The number of ether oxygens (including phenoxy) is 1. The number of hydrogen-bond donors (Lipinski definition) is 1. The fourth-order valence-electron chi connectivity index (χ4n) is 1.52. The van der Waals surface area contributed by atoms with Crippen molar-refractivity contribution in [2.75, 3.05) is 19.7 Å². The molecule has 5 heteroatoms. The average Bonchev–Trinajstić information content (AvgIpc) is 3.04. The van der Waals surface area contributed by atoms with E-state index >= 15 is 0 Å². The lowest BCUT2D eigenvalue weighted by Gasteiger charge is -2.10. The molecule has 1 fully saturated rings. The van der Waals surface area contributed by atoms with Crippen LogP contribution in [0, 0.1) is 5.92 Å². The molecule has 0 aliphatic heterocycles. The highest BCUT2D eigenvalue weighted by Crippen LogP contribution is 2.35. The van der Waals surface area contributed by atoms with E-state index in [0.717, 1.165) is 19.0 Å². The monoisotopic (exact) mass is 293 g/mol. The summed E-state index contributed by atoms with van der Waals surface area (Å²) < 4.78 is 5.54. The Kier molecular flexibility index (Phi) is 4.80. The molecule has 0 amide bonds. The van der Waals surface area contributed by atoms with Crippen LogP contribution in [0.4, 0.5) is 0 Å². The summed E-state index contributed by atoms with van der Waals surface area (Å²) >= 11 is 17.8. The Bertz CT molecular complexity index is 370. The molecule has 0 radical (unpaired) electrons. The molecule has 2 rings (SSSR count). The minimum absolute atomic E-state index is 0.449. The summed E-state index contributed by atoms with van der Waals surface area (Å²) in [6.45, 7) is 2.42. The molecule has 1 N–H and O–H groups in total. The zero-order valence-corrected chi connectivity index (χ0v) is 11.6. The molecule has 17 heavy (non-hydrogen) atoms. The Hall–Kier alpha value is -0.150. The highest BCUT2D eigenvalue weighted by atomic mass is 35.5. The molecule has 0 aromatic heterocycles. The van der Waals surface area contributed by atoms with Crippen molar-refractivity contribution in [2.45, 2.75) is 12.8 Å². The fraction of sp³-hybridized carbons (Fsp3) is 0.500. The van der Waals surface area contributed by atoms with Gasteiger partial charge in [0.25, 0.3) is 0 Å². The van der Waals surface area contributed by atoms with E-state index in [1.807, 2.05) is 0 Å². The van der Waals surface area contributed by atoms with E-state index < -0.39 is 0 Å². The lowest BCUT2D eigenvalue weighted by molar-refractivity contribution is 0.313. The van der Waals surface area contributed by atoms with Crippen LogP contribution in [-0.2, 0) is 0 Å². The van der Waals surface area contributed by atoms with Gasteiger partial charge < -0.3 is 10.1 Å². The third-order valence-electron chi connectivity index (χ3n) is 2.62. The van der Waals surface area contributed by atoms with Gasteiger partial charge in [-0.15, -0.1) is 0 Å². The largest absolute Gasteiger partial charge is 0.489 e. The van der Waals surface area contributed by atoms with Gasteiger partial charge in [-0.3, -0.25) is 0 Å². The number of benzene rings is 1. The van der Waals surface area contributed by atoms with Gasteiger partial charge in [-0.05, 0) is 37.4 Å². The maximum absolute atomic E-state index is 5.99. The second-order valence-electron chi connectivity index (χ2n) is 4.19. The molecule has 94 valence electrons. The molecule has 0 atom stereocenters. The second-order valence-corrected chi connectivity index (χ2v) is 5.45. The highest BCUT2D eigenvalue weighted by Gasteiger charge is 2.20. The van der Waals surface area contributed by atoms with Gasteiger partial charge in [0.2, 0.25) is 0 Å². The molecule has 0 bridgehead atoms. The van der Waals surface area contributed by atoms with Crippen molar-refractivity contribution in [3.63, 3.8) is 0 Å². The van der Waals surface area contributed by atoms with E-state index in [0.29, 0.717) is 27.4 Å². The van der Waals surface area contributed by atoms with Crippen molar-refractivity contribution in [2.24, 2.45) is 5.92 Å². The van der Waals surface area contributed by atoms with E-state index in [-0.39, 0.29) is 0 Å². The van der Waals surface area contributed by atoms with Crippen molar-refractivity contribution >= 4 is 34.8 Å². The zero-order chi connectivity index (χ0) is 12.3. The van der Waals surface area contributed by atoms with E-state index in [9.17, 15) is 0 Å². The third-order valence-corrected chi connectivity index (χ3v) is 3.40. The molecule has 2 nitrogen and oxygen atoms in total. The topological polar surface area (TPSA) is 21.3 Å². The average molecular weight is 295 g/mol. The fourth-order valence-corrected chi connectivity index (χ4v) is 2.45. The van der Waals surface area contributed by atoms with Gasteiger partial charge in [0, 0.05) is 11.6 Å². The van der Waals surface area contributed by atoms with Crippen LogP contribution in [-0.4, -0.2) is 19.7 Å². The van der Waals surface area contributed by atoms with Gasteiger partial charge in [-0.1, -0.05) is 34.8 Å². The first kappa shape index (κ1) is 13.3. The Morgan fingerprint density at radius 1 is 1.18 bits per heavy atom. The van der Waals surface area contributed by atoms with Crippen LogP contribution in [0.15, 0.2) is 12.1 Å². The molecule has 0 unspecified atom stereocenters. The molecule has 1 aromatic carbocycles. The van der Waals surface area contributed by atoms with E-state index in [4.69, 9.17) is 39.5 Å². The minimum Gasteiger partial charge on any atom is -0.489 e. The number of nitrogens with one attached hydrogen (secondary N) is 1. The van der Waals surface area contributed by atoms with Crippen molar-refractivity contribution in [1.82, 2.24) is 5.32 Å². The van der Waals surface area contributed by atoms with Gasteiger partial charge in [0.05, 0.1) is 10.0 Å². The van der Waals surface area contributed by atoms with Crippen molar-refractivity contribution in [3.05, 3.63) is 27.2 Å². The highest BCUT2D eigenvalue weighted by molar-refractivity contribution is 6.40. The maximum atomic E-state index is 5.99. The molecule has 0 spiro atoms. The van der Waals surface area contributed by atoms with Crippen molar-refractivity contribution in [1.29, 1.82) is 0 Å². The molecule has 1 saturated carbocycles. The summed E-state index contributed by atoms with van der Waals surface area (Å²) in [5, 5.41) is 4.74. The molecular formula is C12H14Cl3NO. The molecular weight excluding hydrogens is 280 g/mol. The van der Waals surface area contributed by atoms with Crippen LogP contribution in [0.1, 0.15) is 12.8 Å². The Labute approximate surface area is 116 Å². The predicted octanol–water partition coefficient (Wildman–Crippen LogP) is 4.03. The molecule has 0 heterocycles. The SMILES string of the molecule is Clc1cc(Cl)c(OCCNCC2CC2)c(Cl)c1. The minimum atomic E-state index is 0.449. The zero-order valence-electron chi connectivity index (χ0n) is 9.31. The summed E-state index contributed by atoms with van der Waals surface area (Å²) in [7, 11) is 0. The lowest BCUT2D eigenvalue weighted by Crippen LogP contribution is -2.23. The van der Waals surface area contributed by atoms with Gasteiger partial charge in [-0.25, -0.2) is 0 Å². The molecule has 1 aromatic rings. The summed E-state index contributed by atoms with van der Waals surface area (Å²) in [6.07, 6.45) is 2.70. The Morgan fingerprint density at radius 3 is 2.41 bits per heavy atom. The van der Waals surface area contributed by atoms with Crippen LogP contribution < -0.4 is 10.1 Å². The van der Waals surface area contributed by atoms with Crippen molar-refractivity contribution in [3.8, 4) is 5.75 Å². The normalized spacial score (nSPS) is 15.0. The Balaban J connectivity index is 1.77. The van der Waals surface area contributed by atoms with Crippen LogP contribution in [0.25, 0.3) is 0 Å². The first-order chi connectivity index (χ1) is 8.16. The van der Waals surface area contributed by atoms with Crippen LogP contribution >= 0.6 is 34.8 Å². The predicted molar refractivity (Wildman–Crippen MR) is 72.6 cm³/mol. The van der Waals surface area contributed by atoms with Gasteiger partial charge in [0.1, 0.15) is 6.61 Å². The van der Waals surface area contributed by atoms with Crippen LogP contribution in [0.5, 0.6) is 5.75 Å². The number of rotatable bonds is 6. The molecule has 1 aliphatic rings. The lowest BCUT2D eigenvalue weighted by atomic mass is 10.3. The number of hydrogen-bond acceptors (Lipinski definition) is 2. The molecule has 1 aliphatic carbocycles. The second kappa shape index (κ2) is 6.14. The summed E-state index contributed by atoms with van der Waals surface area (Å²) in [6, 6.07) is 3.25. The van der Waals surface area contributed by atoms with E-state index in [1.54, 1.807) is 12.1 Å². The summed E-state index contributed by atoms with van der Waals surface area (Å²) in [4.78, 5) is 0. The Morgan fingerprint density at radius 2 is 1.82 bits per heavy atom. The number of halogens is 3. The van der Waals surface area contributed by atoms with Gasteiger partial charge >= 0.3 is 0 Å². The first-order valence-corrected chi connectivity index (χ1v) is 6.78. The standard InChI is InChI=1S/C12H14Cl3NO/c13-9-5-10(14)12(11(15)6-9)17-4-3-16-7-8-1-2-8/h5-6,8,16H,1-4,7H2. The quantitative estimate of drug-likeness (QED) is 0.800. The maximum Gasteiger partial charge on any atom is 0.156 e. The van der Waals surface area contributed by atoms with E-state index in [2.05, 4.69) is 5.32 Å². The van der Waals surface area contributed by atoms with Crippen LogP contribution in [0.2, 0.25) is 15.1 Å². The summed E-state index contributed by atoms with van der Waals surface area (Å²) in [5.41, 5.74) is 0. The third kappa shape index (κ3) is 4.22. The molecule has 0 saturated heterocycles. The van der Waals surface area contributed by atoms with Gasteiger partial charge in [-0.2, -0.15) is 0 Å². The first-order valence-electron chi connectivity index (χ1n) is 5.65.